The zero-order valence-electron chi connectivity index (χ0n) is 12.0. The van der Waals surface area contributed by atoms with Gasteiger partial charge in [-0.25, -0.2) is 0 Å². The van der Waals surface area contributed by atoms with Gasteiger partial charge >= 0.3 is 0 Å². The van der Waals surface area contributed by atoms with Crippen LogP contribution < -0.4 is 5.32 Å². The van der Waals surface area contributed by atoms with Crippen molar-refractivity contribution in [3.05, 3.63) is 11.6 Å². The number of hydrogen-bond acceptors (Lipinski definition) is 4. The van der Waals surface area contributed by atoms with Crippen LogP contribution in [0.15, 0.2) is 0 Å². The predicted octanol–water partition coefficient (Wildman–Crippen LogP) is 1.04. The largest absolute Gasteiger partial charge is 0.314 e. The summed E-state index contributed by atoms with van der Waals surface area (Å²) in [6.45, 7) is 7.31. The number of nitrogens with one attached hydrogen (secondary N) is 1. The third-order valence-corrected chi connectivity index (χ3v) is 3.99. The molecule has 0 fully saturated rings. The summed E-state index contributed by atoms with van der Waals surface area (Å²) in [6.07, 6.45) is 3.58. The Morgan fingerprint density at radius 3 is 2.78 bits per heavy atom. The van der Waals surface area contributed by atoms with E-state index in [-0.39, 0.29) is 5.54 Å². The number of hydrogen-bond donors (Lipinski definition) is 1. The maximum atomic E-state index is 4.30. The first kappa shape index (κ1) is 13.5. The quantitative estimate of drug-likeness (QED) is 0.849. The molecule has 0 saturated heterocycles. The number of likely N-dealkylation sites (N-methyl/N-ethyl adjacent to an activating group) is 1. The molecule has 0 bridgehead atoms. The Bertz CT molecular complexity index is 394. The summed E-state index contributed by atoms with van der Waals surface area (Å²) in [4.78, 5) is 2.24. The molecule has 0 saturated carbocycles. The number of rotatable bonds is 5. The smallest absolute Gasteiger partial charge is 0.147 e. The van der Waals surface area contributed by atoms with Gasteiger partial charge in [-0.15, -0.1) is 10.2 Å². The molecule has 1 aromatic heterocycles. The highest BCUT2D eigenvalue weighted by Crippen LogP contribution is 2.14. The lowest BCUT2D eigenvalue weighted by molar-refractivity contribution is 0.189. The minimum atomic E-state index is 0.157. The second-order valence-electron chi connectivity index (χ2n) is 5.95. The summed E-state index contributed by atoms with van der Waals surface area (Å²) in [5.74, 6) is 2.24. The monoisotopic (exact) mass is 251 g/mol. The second-order valence-corrected chi connectivity index (χ2v) is 5.95. The van der Waals surface area contributed by atoms with Crippen LogP contribution in [0, 0.1) is 0 Å². The van der Waals surface area contributed by atoms with E-state index in [0.717, 1.165) is 37.7 Å². The molecule has 0 radical (unpaired) electrons. The molecule has 1 aliphatic heterocycles. The van der Waals surface area contributed by atoms with Crippen molar-refractivity contribution >= 4 is 0 Å². The van der Waals surface area contributed by atoms with Crippen molar-refractivity contribution in [3.63, 3.8) is 0 Å². The van der Waals surface area contributed by atoms with E-state index in [9.17, 15) is 0 Å². The molecule has 0 amide bonds. The lowest BCUT2D eigenvalue weighted by atomic mass is 10.0. The van der Waals surface area contributed by atoms with Gasteiger partial charge in [-0.2, -0.15) is 0 Å². The summed E-state index contributed by atoms with van der Waals surface area (Å²) in [6, 6.07) is 0. The summed E-state index contributed by atoms with van der Waals surface area (Å²) in [7, 11) is 4.22. The van der Waals surface area contributed by atoms with Crippen LogP contribution in [-0.2, 0) is 19.5 Å². The standard InChI is InChI=1S/C13H25N5/c1-13(2,17(3)4)10-14-9-12-16-15-11-7-5-6-8-18(11)12/h14H,5-10H2,1-4H3. The molecular weight excluding hydrogens is 226 g/mol. The maximum absolute atomic E-state index is 4.30. The Labute approximate surface area is 110 Å². The van der Waals surface area contributed by atoms with Crippen molar-refractivity contribution in [3.8, 4) is 0 Å². The molecule has 1 N–H and O–H groups in total. The van der Waals surface area contributed by atoms with E-state index in [2.05, 4.69) is 52.9 Å². The van der Waals surface area contributed by atoms with Crippen LogP contribution in [0.1, 0.15) is 38.3 Å². The van der Waals surface area contributed by atoms with E-state index in [0.29, 0.717) is 0 Å². The molecule has 0 atom stereocenters. The number of aryl methyl sites for hydroxylation is 1. The number of nitrogens with zero attached hydrogens (tertiary/aromatic N) is 4. The minimum Gasteiger partial charge on any atom is -0.314 e. The van der Waals surface area contributed by atoms with Gasteiger partial charge in [0.2, 0.25) is 0 Å². The van der Waals surface area contributed by atoms with Crippen molar-refractivity contribution in [2.24, 2.45) is 0 Å². The molecule has 2 rings (SSSR count). The van der Waals surface area contributed by atoms with E-state index in [1.54, 1.807) is 0 Å². The van der Waals surface area contributed by atoms with Gasteiger partial charge in [0.05, 0.1) is 6.54 Å². The van der Waals surface area contributed by atoms with E-state index in [4.69, 9.17) is 0 Å². The Hall–Kier alpha value is -0.940. The molecule has 102 valence electrons. The predicted molar refractivity (Wildman–Crippen MR) is 72.4 cm³/mol. The van der Waals surface area contributed by atoms with Crippen molar-refractivity contribution in [1.29, 1.82) is 0 Å². The van der Waals surface area contributed by atoms with Crippen LogP contribution in [0.25, 0.3) is 0 Å². The van der Waals surface area contributed by atoms with Crippen LogP contribution in [0.3, 0.4) is 0 Å². The van der Waals surface area contributed by atoms with Gasteiger partial charge in [-0.05, 0) is 40.8 Å². The normalized spacial score (nSPS) is 16.1. The highest BCUT2D eigenvalue weighted by Gasteiger charge is 2.20. The molecule has 0 spiro atoms. The third-order valence-electron chi connectivity index (χ3n) is 3.99. The van der Waals surface area contributed by atoms with Crippen molar-refractivity contribution in [2.45, 2.75) is 51.7 Å². The fraction of sp³-hybridized carbons (Fsp3) is 0.846. The van der Waals surface area contributed by atoms with Crippen molar-refractivity contribution in [2.75, 3.05) is 20.6 Å². The van der Waals surface area contributed by atoms with Gasteiger partial charge < -0.3 is 14.8 Å². The highest BCUT2D eigenvalue weighted by atomic mass is 15.3. The molecule has 18 heavy (non-hydrogen) atoms. The maximum Gasteiger partial charge on any atom is 0.147 e. The topological polar surface area (TPSA) is 46.0 Å². The van der Waals surface area contributed by atoms with E-state index < -0.39 is 0 Å². The fourth-order valence-corrected chi connectivity index (χ4v) is 2.14. The van der Waals surface area contributed by atoms with Gasteiger partial charge in [-0.3, -0.25) is 0 Å². The van der Waals surface area contributed by atoms with Crippen molar-refractivity contribution < 1.29 is 0 Å². The first-order chi connectivity index (χ1) is 8.50. The number of fused-ring (bicyclic) bond motifs is 1. The van der Waals surface area contributed by atoms with Crippen molar-refractivity contribution in [1.82, 2.24) is 25.0 Å². The Kier molecular flexibility index (Phi) is 4.02. The summed E-state index contributed by atoms with van der Waals surface area (Å²) in [5, 5.41) is 12.1. The Balaban J connectivity index is 1.89. The average molecular weight is 251 g/mol. The van der Waals surface area contributed by atoms with Gasteiger partial charge in [-0.1, -0.05) is 0 Å². The second kappa shape index (κ2) is 5.36. The minimum absolute atomic E-state index is 0.157. The first-order valence-corrected chi connectivity index (χ1v) is 6.80. The van der Waals surface area contributed by atoms with Gasteiger partial charge in [0.15, 0.2) is 0 Å². The number of aromatic nitrogens is 3. The van der Waals surface area contributed by atoms with E-state index >= 15 is 0 Å². The lowest BCUT2D eigenvalue weighted by Gasteiger charge is -2.32. The molecular formula is C13H25N5. The van der Waals surface area contributed by atoms with Crippen LogP contribution >= 0.6 is 0 Å². The molecule has 5 heteroatoms. The lowest BCUT2D eigenvalue weighted by Crippen LogP contribution is -2.46. The SMILES string of the molecule is CN(C)C(C)(C)CNCc1nnc2n1CCCC2. The van der Waals surface area contributed by atoms with Gasteiger partial charge in [0, 0.05) is 25.0 Å². The van der Waals surface area contributed by atoms with E-state index in [1.165, 1.54) is 12.8 Å². The molecule has 0 aromatic carbocycles. The highest BCUT2D eigenvalue weighted by molar-refractivity contribution is 4.98. The third kappa shape index (κ3) is 2.90. The zero-order chi connectivity index (χ0) is 13.2. The van der Waals surface area contributed by atoms with Gasteiger partial charge in [0.1, 0.15) is 11.6 Å². The zero-order valence-corrected chi connectivity index (χ0v) is 12.0. The van der Waals surface area contributed by atoms with Crippen LogP contribution in [-0.4, -0.2) is 45.8 Å². The molecule has 1 aliphatic rings. The molecule has 5 nitrogen and oxygen atoms in total. The molecule has 0 aliphatic carbocycles. The summed E-state index contributed by atoms with van der Waals surface area (Å²) < 4.78 is 2.28. The molecule has 2 heterocycles. The van der Waals surface area contributed by atoms with Gasteiger partial charge in [0.25, 0.3) is 0 Å². The first-order valence-electron chi connectivity index (χ1n) is 6.80. The molecule has 1 aromatic rings. The van der Waals surface area contributed by atoms with E-state index in [1.807, 2.05) is 0 Å². The van der Waals surface area contributed by atoms with Crippen LogP contribution in [0.5, 0.6) is 0 Å². The van der Waals surface area contributed by atoms with Crippen LogP contribution in [0.4, 0.5) is 0 Å². The molecule has 0 unspecified atom stereocenters. The fourth-order valence-electron chi connectivity index (χ4n) is 2.14. The Morgan fingerprint density at radius 2 is 2.06 bits per heavy atom. The van der Waals surface area contributed by atoms with Crippen LogP contribution in [0.2, 0.25) is 0 Å². The Morgan fingerprint density at radius 1 is 1.28 bits per heavy atom. The average Bonchev–Trinajstić information content (AvgIpc) is 2.72. The summed E-state index contributed by atoms with van der Waals surface area (Å²) >= 11 is 0. The summed E-state index contributed by atoms with van der Waals surface area (Å²) in [5.41, 5.74) is 0.157.